The molecule has 0 fully saturated rings. The quantitative estimate of drug-likeness (QED) is 0.886. The van der Waals surface area contributed by atoms with Gasteiger partial charge in [-0.2, -0.15) is 0 Å². The number of ether oxygens (including phenoxy) is 1. The first-order valence-electron chi connectivity index (χ1n) is 5.84. The van der Waals surface area contributed by atoms with E-state index in [1.807, 2.05) is 24.3 Å². The minimum absolute atomic E-state index is 0.104. The summed E-state index contributed by atoms with van der Waals surface area (Å²) in [6, 6.07) is 11.0. The second-order valence-corrected chi connectivity index (χ2v) is 3.99. The normalized spacial score (nSPS) is 11.9. The minimum Gasteiger partial charge on any atom is -0.464 e. The van der Waals surface area contributed by atoms with E-state index in [-0.39, 0.29) is 6.54 Å². The van der Waals surface area contributed by atoms with Gasteiger partial charge in [-0.15, -0.1) is 0 Å². The highest BCUT2D eigenvalue weighted by Gasteiger charge is 2.10. The van der Waals surface area contributed by atoms with Crippen molar-refractivity contribution >= 4 is 6.09 Å². The first kappa shape index (κ1) is 13.2. The zero-order chi connectivity index (χ0) is 13.7. The maximum absolute atomic E-state index is 10.9. The van der Waals surface area contributed by atoms with Crippen molar-refractivity contribution in [3.05, 3.63) is 48.2 Å². The number of rotatable bonds is 4. The Morgan fingerprint density at radius 3 is 2.68 bits per heavy atom. The molecule has 100 valence electrons. The number of nitrogens with one attached hydrogen (secondary N) is 1. The molecule has 2 rings (SSSR count). The van der Waals surface area contributed by atoms with E-state index in [2.05, 4.69) is 10.1 Å². The number of methoxy groups -OCH3 is 1. The number of amides is 1. The fraction of sp³-hybridized carbons (Fsp3) is 0.214. The van der Waals surface area contributed by atoms with E-state index in [9.17, 15) is 9.90 Å². The van der Waals surface area contributed by atoms with Crippen molar-refractivity contribution in [3.63, 3.8) is 0 Å². The van der Waals surface area contributed by atoms with Crippen molar-refractivity contribution < 1.29 is 19.1 Å². The molecule has 5 heteroatoms. The smallest absolute Gasteiger partial charge is 0.406 e. The van der Waals surface area contributed by atoms with Gasteiger partial charge in [0.05, 0.1) is 26.0 Å². The Morgan fingerprint density at radius 1 is 1.37 bits per heavy atom. The molecule has 0 saturated heterocycles. The van der Waals surface area contributed by atoms with Gasteiger partial charge in [0.25, 0.3) is 0 Å². The van der Waals surface area contributed by atoms with Gasteiger partial charge in [0, 0.05) is 5.56 Å². The number of benzene rings is 1. The summed E-state index contributed by atoms with van der Waals surface area (Å²) in [6.07, 6.45) is 0.272. The van der Waals surface area contributed by atoms with Crippen LogP contribution in [0.5, 0.6) is 0 Å². The van der Waals surface area contributed by atoms with Gasteiger partial charge in [-0.1, -0.05) is 24.3 Å². The van der Waals surface area contributed by atoms with Gasteiger partial charge in [-0.05, 0) is 17.7 Å². The van der Waals surface area contributed by atoms with E-state index in [0.29, 0.717) is 5.56 Å². The predicted molar refractivity (Wildman–Crippen MR) is 69.5 cm³/mol. The third-order valence-corrected chi connectivity index (χ3v) is 2.73. The molecule has 5 nitrogen and oxygen atoms in total. The molecule has 0 spiro atoms. The van der Waals surface area contributed by atoms with Crippen molar-refractivity contribution in [1.82, 2.24) is 5.32 Å². The van der Waals surface area contributed by atoms with Crippen LogP contribution in [0.4, 0.5) is 4.79 Å². The first-order valence-corrected chi connectivity index (χ1v) is 5.84. The summed E-state index contributed by atoms with van der Waals surface area (Å²) in [5, 5.41) is 12.3. The second-order valence-electron chi connectivity index (χ2n) is 3.99. The lowest BCUT2D eigenvalue weighted by Crippen LogP contribution is -2.28. The molecule has 2 aromatic rings. The molecule has 0 unspecified atom stereocenters. The van der Waals surface area contributed by atoms with Crippen LogP contribution in [0.25, 0.3) is 11.3 Å². The topological polar surface area (TPSA) is 71.7 Å². The molecule has 1 heterocycles. The Bertz CT molecular complexity index is 519. The number of alkyl carbamates (subject to hydrolysis) is 1. The maximum atomic E-state index is 10.9. The van der Waals surface area contributed by atoms with E-state index < -0.39 is 12.2 Å². The molecule has 0 bridgehead atoms. The van der Waals surface area contributed by atoms with Crippen LogP contribution in [-0.4, -0.2) is 24.9 Å². The van der Waals surface area contributed by atoms with Crippen molar-refractivity contribution in [3.8, 4) is 11.3 Å². The summed E-state index contributed by atoms with van der Waals surface area (Å²) in [4.78, 5) is 10.9. The van der Waals surface area contributed by atoms with E-state index in [1.165, 1.54) is 7.11 Å². The Labute approximate surface area is 110 Å². The summed E-state index contributed by atoms with van der Waals surface area (Å²) in [7, 11) is 1.28. The van der Waals surface area contributed by atoms with E-state index in [1.54, 1.807) is 18.4 Å². The number of furan rings is 1. The number of hydrogen-bond donors (Lipinski definition) is 2. The molecule has 1 atom stereocenters. The van der Waals surface area contributed by atoms with Gasteiger partial charge in [0.2, 0.25) is 0 Å². The van der Waals surface area contributed by atoms with Crippen LogP contribution in [0.2, 0.25) is 0 Å². The molecular formula is C14H15NO4. The highest BCUT2D eigenvalue weighted by atomic mass is 16.5. The average molecular weight is 261 g/mol. The number of carbonyl (C=O) groups excluding carboxylic acids is 1. The Balaban J connectivity index is 2.00. The van der Waals surface area contributed by atoms with Crippen LogP contribution in [-0.2, 0) is 4.74 Å². The summed E-state index contributed by atoms with van der Waals surface area (Å²) >= 11 is 0. The van der Waals surface area contributed by atoms with Gasteiger partial charge in [-0.25, -0.2) is 4.79 Å². The average Bonchev–Trinajstić information content (AvgIpc) is 2.98. The zero-order valence-electron chi connectivity index (χ0n) is 10.5. The largest absolute Gasteiger partial charge is 0.464 e. The molecule has 0 radical (unpaired) electrons. The Kier molecular flexibility index (Phi) is 4.20. The molecule has 1 aromatic heterocycles. The lowest BCUT2D eigenvalue weighted by atomic mass is 10.1. The fourth-order valence-corrected chi connectivity index (χ4v) is 1.68. The summed E-state index contributed by atoms with van der Waals surface area (Å²) in [6.45, 7) is 0.104. The molecule has 19 heavy (non-hydrogen) atoms. The number of aliphatic hydroxyl groups is 1. The van der Waals surface area contributed by atoms with E-state index >= 15 is 0 Å². The monoisotopic (exact) mass is 261 g/mol. The van der Waals surface area contributed by atoms with E-state index in [4.69, 9.17) is 4.42 Å². The highest BCUT2D eigenvalue weighted by molar-refractivity contribution is 5.66. The maximum Gasteiger partial charge on any atom is 0.406 e. The van der Waals surface area contributed by atoms with E-state index in [0.717, 1.165) is 11.3 Å². The lowest BCUT2D eigenvalue weighted by molar-refractivity contribution is 0.147. The van der Waals surface area contributed by atoms with Crippen molar-refractivity contribution in [2.45, 2.75) is 6.10 Å². The summed E-state index contributed by atoms with van der Waals surface area (Å²) in [5.41, 5.74) is 1.65. The van der Waals surface area contributed by atoms with Crippen molar-refractivity contribution in [2.24, 2.45) is 0 Å². The molecule has 0 aliphatic rings. The van der Waals surface area contributed by atoms with Crippen LogP contribution in [0.3, 0.4) is 0 Å². The van der Waals surface area contributed by atoms with Crippen LogP contribution < -0.4 is 5.32 Å². The third-order valence-electron chi connectivity index (χ3n) is 2.73. The Morgan fingerprint density at radius 2 is 2.11 bits per heavy atom. The molecular weight excluding hydrogens is 246 g/mol. The van der Waals surface area contributed by atoms with Crippen LogP contribution in [0.1, 0.15) is 11.7 Å². The first-order chi connectivity index (χ1) is 9.20. The minimum atomic E-state index is -0.773. The second kappa shape index (κ2) is 6.06. The summed E-state index contributed by atoms with van der Waals surface area (Å²) < 4.78 is 9.71. The van der Waals surface area contributed by atoms with Gasteiger partial charge in [-0.3, -0.25) is 0 Å². The molecule has 2 N–H and O–H groups in total. The van der Waals surface area contributed by atoms with Gasteiger partial charge in [0.1, 0.15) is 5.76 Å². The molecule has 0 aliphatic carbocycles. The van der Waals surface area contributed by atoms with Gasteiger partial charge < -0.3 is 19.6 Å². The Hall–Kier alpha value is -2.27. The highest BCUT2D eigenvalue weighted by Crippen LogP contribution is 2.22. The van der Waals surface area contributed by atoms with Gasteiger partial charge in [0.15, 0.2) is 0 Å². The molecule has 1 aromatic carbocycles. The molecule has 0 aliphatic heterocycles. The van der Waals surface area contributed by atoms with Gasteiger partial charge >= 0.3 is 6.09 Å². The number of hydrogen-bond acceptors (Lipinski definition) is 4. The zero-order valence-corrected chi connectivity index (χ0v) is 10.5. The SMILES string of the molecule is COC(=O)NC[C@H](O)c1ccc(-c2ccco2)cc1. The van der Waals surface area contributed by atoms with Crippen LogP contribution in [0.15, 0.2) is 47.1 Å². The van der Waals surface area contributed by atoms with Crippen molar-refractivity contribution in [2.75, 3.05) is 13.7 Å². The summed E-state index contributed by atoms with van der Waals surface area (Å²) in [5.74, 6) is 0.772. The standard InChI is InChI=1S/C14H15NO4/c1-18-14(17)15-9-12(16)10-4-6-11(7-5-10)13-3-2-8-19-13/h2-8,12,16H,9H2,1H3,(H,15,17)/t12-/m0/s1. The van der Waals surface area contributed by atoms with Crippen LogP contribution >= 0.6 is 0 Å². The number of carbonyl (C=O) groups is 1. The predicted octanol–water partition coefficient (Wildman–Crippen LogP) is 2.34. The lowest BCUT2D eigenvalue weighted by Gasteiger charge is -2.11. The molecule has 0 saturated carbocycles. The van der Waals surface area contributed by atoms with Crippen LogP contribution in [0, 0.1) is 0 Å². The molecule has 1 amide bonds. The number of aliphatic hydroxyl groups excluding tert-OH is 1. The third kappa shape index (κ3) is 3.35. The fourth-order valence-electron chi connectivity index (χ4n) is 1.68. The van der Waals surface area contributed by atoms with Crippen molar-refractivity contribution in [1.29, 1.82) is 0 Å².